The Hall–Kier alpha value is -2.03. The van der Waals surface area contributed by atoms with E-state index in [1.54, 1.807) is 0 Å². The molecule has 0 bridgehead atoms. The van der Waals surface area contributed by atoms with Crippen molar-refractivity contribution in [2.45, 2.75) is 33.7 Å². The van der Waals surface area contributed by atoms with Crippen LogP contribution in [-0.2, 0) is 17.8 Å². The van der Waals surface area contributed by atoms with E-state index in [2.05, 4.69) is 16.4 Å². The van der Waals surface area contributed by atoms with Crippen molar-refractivity contribution in [3.63, 3.8) is 0 Å². The Morgan fingerprint density at radius 1 is 1.21 bits per heavy atom. The Morgan fingerprint density at radius 2 is 2.00 bits per heavy atom. The van der Waals surface area contributed by atoms with Gasteiger partial charge in [-0.25, -0.2) is 0 Å². The van der Waals surface area contributed by atoms with Gasteiger partial charge in [-0.1, -0.05) is 29.8 Å². The molecule has 0 saturated carbocycles. The van der Waals surface area contributed by atoms with E-state index in [9.17, 15) is 4.79 Å². The molecule has 19 heavy (non-hydrogen) atoms. The second-order valence-corrected chi connectivity index (χ2v) is 5.05. The zero-order valence-corrected chi connectivity index (χ0v) is 11.7. The lowest BCUT2D eigenvalue weighted by molar-refractivity contribution is -0.120. The van der Waals surface area contributed by atoms with E-state index in [0.29, 0.717) is 13.0 Å². The molecule has 0 unspecified atom stereocenters. The van der Waals surface area contributed by atoms with Gasteiger partial charge in [0.2, 0.25) is 5.91 Å². The quantitative estimate of drug-likeness (QED) is 0.868. The van der Waals surface area contributed by atoms with Crippen LogP contribution in [0.5, 0.6) is 0 Å². The van der Waals surface area contributed by atoms with E-state index in [-0.39, 0.29) is 5.91 Å². The van der Waals surface area contributed by atoms with E-state index in [4.69, 9.17) is 0 Å². The Balaban J connectivity index is 1.90. The lowest BCUT2D eigenvalue weighted by atomic mass is 10.1. The van der Waals surface area contributed by atoms with Gasteiger partial charge in [-0.15, -0.1) is 0 Å². The predicted molar refractivity (Wildman–Crippen MR) is 77.0 cm³/mol. The van der Waals surface area contributed by atoms with E-state index in [1.807, 2.05) is 45.0 Å². The molecule has 3 nitrogen and oxygen atoms in total. The molecule has 0 fully saturated rings. The molecular formula is C16H20N2O. The number of hydrogen-bond acceptors (Lipinski definition) is 1. The largest absolute Gasteiger partial charge is 0.362 e. The van der Waals surface area contributed by atoms with Crippen molar-refractivity contribution in [2.24, 2.45) is 0 Å². The summed E-state index contributed by atoms with van der Waals surface area (Å²) in [6.07, 6.45) is 0.435. The van der Waals surface area contributed by atoms with E-state index in [0.717, 1.165) is 22.5 Å². The minimum Gasteiger partial charge on any atom is -0.362 e. The maximum atomic E-state index is 11.9. The van der Waals surface area contributed by atoms with Crippen molar-refractivity contribution >= 4 is 5.91 Å². The van der Waals surface area contributed by atoms with Gasteiger partial charge in [0.1, 0.15) is 0 Å². The molecular weight excluding hydrogens is 236 g/mol. The standard InChI is InChI=1S/C16H20N2O/c1-11-5-4-6-14(7-11)9-16(19)17-10-15-8-12(2)18-13(15)3/h4-8,18H,9-10H2,1-3H3,(H,17,19). The molecule has 0 saturated heterocycles. The van der Waals surface area contributed by atoms with Gasteiger partial charge in [-0.2, -0.15) is 0 Å². The van der Waals surface area contributed by atoms with Crippen LogP contribution in [0.15, 0.2) is 30.3 Å². The van der Waals surface area contributed by atoms with E-state index < -0.39 is 0 Å². The van der Waals surface area contributed by atoms with Crippen molar-refractivity contribution in [2.75, 3.05) is 0 Å². The molecule has 0 aliphatic carbocycles. The molecule has 1 heterocycles. The third kappa shape index (κ3) is 3.71. The van der Waals surface area contributed by atoms with Crippen molar-refractivity contribution in [3.8, 4) is 0 Å². The zero-order valence-electron chi connectivity index (χ0n) is 11.7. The lowest BCUT2D eigenvalue weighted by Crippen LogP contribution is -2.24. The van der Waals surface area contributed by atoms with Crippen molar-refractivity contribution in [3.05, 3.63) is 58.4 Å². The van der Waals surface area contributed by atoms with Gasteiger partial charge in [0.25, 0.3) is 0 Å². The summed E-state index contributed by atoms with van der Waals surface area (Å²) >= 11 is 0. The van der Waals surface area contributed by atoms with Gasteiger partial charge < -0.3 is 10.3 Å². The summed E-state index contributed by atoms with van der Waals surface area (Å²) in [5.41, 5.74) is 5.63. The van der Waals surface area contributed by atoms with Gasteiger partial charge in [0, 0.05) is 17.9 Å². The maximum absolute atomic E-state index is 11.9. The molecule has 2 N–H and O–H groups in total. The fraction of sp³-hybridized carbons (Fsp3) is 0.312. The number of amides is 1. The lowest BCUT2D eigenvalue weighted by Gasteiger charge is -2.05. The molecule has 0 aliphatic rings. The monoisotopic (exact) mass is 256 g/mol. The Labute approximate surface area is 114 Å². The van der Waals surface area contributed by atoms with Gasteiger partial charge in [-0.05, 0) is 38.0 Å². The fourth-order valence-electron chi connectivity index (χ4n) is 2.23. The summed E-state index contributed by atoms with van der Waals surface area (Å²) in [5.74, 6) is 0.0591. The van der Waals surface area contributed by atoms with Crippen LogP contribution in [0.2, 0.25) is 0 Å². The summed E-state index contributed by atoms with van der Waals surface area (Å²) in [5, 5.41) is 2.96. The highest BCUT2D eigenvalue weighted by molar-refractivity contribution is 5.78. The van der Waals surface area contributed by atoms with Crippen LogP contribution in [0.3, 0.4) is 0 Å². The third-order valence-electron chi connectivity index (χ3n) is 3.18. The second kappa shape index (κ2) is 5.74. The summed E-state index contributed by atoms with van der Waals surface area (Å²) < 4.78 is 0. The molecule has 2 aromatic rings. The van der Waals surface area contributed by atoms with Crippen LogP contribution in [0.25, 0.3) is 0 Å². The van der Waals surface area contributed by atoms with Gasteiger partial charge in [0.05, 0.1) is 6.42 Å². The highest BCUT2D eigenvalue weighted by Crippen LogP contribution is 2.09. The first-order valence-corrected chi connectivity index (χ1v) is 6.52. The number of aromatic amines is 1. The molecule has 0 spiro atoms. The number of aromatic nitrogens is 1. The third-order valence-corrected chi connectivity index (χ3v) is 3.18. The van der Waals surface area contributed by atoms with E-state index in [1.165, 1.54) is 5.56 Å². The van der Waals surface area contributed by atoms with Crippen LogP contribution >= 0.6 is 0 Å². The number of carbonyl (C=O) groups excluding carboxylic acids is 1. The molecule has 1 amide bonds. The second-order valence-electron chi connectivity index (χ2n) is 5.05. The van der Waals surface area contributed by atoms with Gasteiger partial charge >= 0.3 is 0 Å². The number of benzene rings is 1. The topological polar surface area (TPSA) is 44.9 Å². The van der Waals surface area contributed by atoms with Crippen molar-refractivity contribution in [1.29, 1.82) is 0 Å². The Morgan fingerprint density at radius 3 is 2.63 bits per heavy atom. The number of aryl methyl sites for hydroxylation is 3. The highest BCUT2D eigenvalue weighted by Gasteiger charge is 2.06. The van der Waals surface area contributed by atoms with Crippen LogP contribution < -0.4 is 5.32 Å². The molecule has 0 atom stereocenters. The van der Waals surface area contributed by atoms with Gasteiger partial charge in [0.15, 0.2) is 0 Å². The molecule has 3 heteroatoms. The predicted octanol–water partition coefficient (Wildman–Crippen LogP) is 2.80. The fourth-order valence-corrected chi connectivity index (χ4v) is 2.23. The van der Waals surface area contributed by atoms with Crippen LogP contribution in [0.4, 0.5) is 0 Å². The molecule has 0 aliphatic heterocycles. The number of rotatable bonds is 4. The first-order valence-electron chi connectivity index (χ1n) is 6.52. The Kier molecular flexibility index (Phi) is 4.05. The first-order chi connectivity index (χ1) is 9.04. The van der Waals surface area contributed by atoms with Crippen molar-refractivity contribution < 1.29 is 4.79 Å². The van der Waals surface area contributed by atoms with Crippen LogP contribution in [0.1, 0.15) is 28.1 Å². The maximum Gasteiger partial charge on any atom is 0.224 e. The van der Waals surface area contributed by atoms with E-state index >= 15 is 0 Å². The Bertz CT molecular complexity index is 584. The number of carbonyl (C=O) groups is 1. The minimum atomic E-state index is 0.0591. The molecule has 1 aromatic carbocycles. The number of hydrogen-bond donors (Lipinski definition) is 2. The van der Waals surface area contributed by atoms with Gasteiger partial charge in [-0.3, -0.25) is 4.79 Å². The molecule has 100 valence electrons. The zero-order chi connectivity index (χ0) is 13.8. The molecule has 2 rings (SSSR count). The summed E-state index contributed by atoms with van der Waals surface area (Å²) in [4.78, 5) is 15.1. The molecule has 1 aromatic heterocycles. The summed E-state index contributed by atoms with van der Waals surface area (Å²) in [6, 6.07) is 10.1. The minimum absolute atomic E-state index is 0.0591. The average molecular weight is 256 g/mol. The normalized spacial score (nSPS) is 10.5. The van der Waals surface area contributed by atoms with Crippen LogP contribution in [-0.4, -0.2) is 10.9 Å². The highest BCUT2D eigenvalue weighted by atomic mass is 16.1. The number of nitrogens with one attached hydrogen (secondary N) is 2. The van der Waals surface area contributed by atoms with Crippen molar-refractivity contribution in [1.82, 2.24) is 10.3 Å². The van der Waals surface area contributed by atoms with Crippen LogP contribution in [0, 0.1) is 20.8 Å². The summed E-state index contributed by atoms with van der Waals surface area (Å²) in [7, 11) is 0. The SMILES string of the molecule is Cc1cccc(CC(=O)NCc2cc(C)[nH]c2C)c1. The smallest absolute Gasteiger partial charge is 0.224 e. The summed E-state index contributed by atoms with van der Waals surface area (Å²) in [6.45, 7) is 6.66. The molecule has 0 radical (unpaired) electrons. The average Bonchev–Trinajstić information content (AvgIpc) is 2.65. The number of H-pyrrole nitrogens is 1. The first kappa shape index (κ1) is 13.4.